The van der Waals surface area contributed by atoms with Crippen molar-refractivity contribution < 1.29 is 0 Å². The molecule has 4 bridgehead atoms. The zero-order chi connectivity index (χ0) is 15.2. The summed E-state index contributed by atoms with van der Waals surface area (Å²) >= 11 is 5.70. The predicted molar refractivity (Wildman–Crippen MR) is 92.3 cm³/mol. The Morgan fingerprint density at radius 1 is 1.23 bits per heavy atom. The van der Waals surface area contributed by atoms with Crippen LogP contribution >= 0.6 is 12.2 Å². The van der Waals surface area contributed by atoms with Crippen LogP contribution in [0.15, 0.2) is 24.4 Å². The first-order chi connectivity index (χ1) is 10.6. The summed E-state index contributed by atoms with van der Waals surface area (Å²) in [6.07, 6.45) is 10.2. The second kappa shape index (κ2) is 5.48. The highest BCUT2D eigenvalue weighted by Crippen LogP contribution is 2.55. The van der Waals surface area contributed by atoms with Crippen LogP contribution in [0, 0.1) is 17.8 Å². The van der Waals surface area contributed by atoms with Crippen molar-refractivity contribution in [1.82, 2.24) is 15.2 Å². The van der Waals surface area contributed by atoms with E-state index in [2.05, 4.69) is 28.3 Å². The highest BCUT2D eigenvalue weighted by atomic mass is 32.1. The van der Waals surface area contributed by atoms with Gasteiger partial charge in [0.1, 0.15) is 0 Å². The Balaban J connectivity index is 1.41. The molecule has 4 saturated carbocycles. The van der Waals surface area contributed by atoms with E-state index in [0.29, 0.717) is 5.54 Å². The molecule has 4 aliphatic rings. The van der Waals surface area contributed by atoms with Gasteiger partial charge in [-0.15, -0.1) is 0 Å². The second-order valence-electron chi connectivity index (χ2n) is 7.81. The number of nitrogens with zero attached hydrogens (tertiary/aromatic N) is 2. The van der Waals surface area contributed by atoms with Crippen molar-refractivity contribution >= 4 is 17.3 Å². The van der Waals surface area contributed by atoms with E-state index in [1.54, 1.807) is 0 Å². The van der Waals surface area contributed by atoms with Crippen LogP contribution in [0.5, 0.6) is 0 Å². The number of nitrogens with one attached hydrogen (secondary N) is 1. The molecule has 1 aromatic heterocycles. The van der Waals surface area contributed by atoms with Crippen molar-refractivity contribution in [1.29, 1.82) is 0 Å². The summed E-state index contributed by atoms with van der Waals surface area (Å²) in [5.41, 5.74) is 1.36. The van der Waals surface area contributed by atoms with Gasteiger partial charge in [0.15, 0.2) is 5.11 Å². The minimum atomic E-state index is 0.296. The third-order valence-corrected chi connectivity index (χ3v) is 6.30. The van der Waals surface area contributed by atoms with E-state index < -0.39 is 0 Å². The maximum atomic E-state index is 5.70. The van der Waals surface area contributed by atoms with Crippen molar-refractivity contribution in [2.45, 2.75) is 50.6 Å². The third-order valence-electron chi connectivity index (χ3n) is 5.88. The molecule has 4 fully saturated rings. The van der Waals surface area contributed by atoms with Crippen molar-refractivity contribution in [3.8, 4) is 0 Å². The van der Waals surface area contributed by atoms with E-state index in [1.807, 2.05) is 18.3 Å². The zero-order valence-electron chi connectivity index (χ0n) is 13.3. The summed E-state index contributed by atoms with van der Waals surface area (Å²) in [5.74, 6) is 2.84. The summed E-state index contributed by atoms with van der Waals surface area (Å²) in [6.45, 7) is 0.777. The molecular formula is C18H25N3S. The molecule has 4 aliphatic carbocycles. The molecule has 0 radical (unpaired) electrons. The third kappa shape index (κ3) is 2.73. The van der Waals surface area contributed by atoms with Crippen molar-refractivity contribution in [2.75, 3.05) is 7.05 Å². The van der Waals surface area contributed by atoms with Gasteiger partial charge in [-0.2, -0.15) is 0 Å². The number of pyridine rings is 1. The van der Waals surface area contributed by atoms with Crippen LogP contribution in [0.1, 0.15) is 44.2 Å². The van der Waals surface area contributed by atoms with Crippen LogP contribution in [0.3, 0.4) is 0 Å². The van der Waals surface area contributed by atoms with Crippen molar-refractivity contribution in [3.05, 3.63) is 30.1 Å². The largest absolute Gasteiger partial charge is 0.357 e. The molecule has 4 heteroatoms. The van der Waals surface area contributed by atoms with E-state index in [4.69, 9.17) is 12.2 Å². The SMILES string of the molecule is CN(Cc1ccccn1)C(=S)NC12CC3CC(CC(C3)C1)C2. The van der Waals surface area contributed by atoms with Gasteiger partial charge < -0.3 is 10.2 Å². The first kappa shape index (κ1) is 14.4. The van der Waals surface area contributed by atoms with Gasteiger partial charge in [0.05, 0.1) is 12.2 Å². The lowest BCUT2D eigenvalue weighted by molar-refractivity contribution is -0.0110. The van der Waals surface area contributed by atoms with Gasteiger partial charge in [-0.1, -0.05) is 6.07 Å². The predicted octanol–water partition coefficient (Wildman–Crippen LogP) is 3.36. The summed E-state index contributed by atoms with van der Waals surface area (Å²) < 4.78 is 0. The normalized spacial score (nSPS) is 35.4. The molecule has 0 saturated heterocycles. The molecule has 0 aliphatic heterocycles. The molecule has 0 unspecified atom stereocenters. The fraction of sp³-hybridized carbons (Fsp3) is 0.667. The molecule has 118 valence electrons. The van der Waals surface area contributed by atoms with Gasteiger partial charge in [0, 0.05) is 18.8 Å². The van der Waals surface area contributed by atoms with E-state index in [9.17, 15) is 0 Å². The Labute approximate surface area is 138 Å². The van der Waals surface area contributed by atoms with Crippen LogP contribution in [-0.2, 0) is 6.54 Å². The Bertz CT molecular complexity index is 521. The van der Waals surface area contributed by atoms with E-state index in [1.165, 1.54) is 38.5 Å². The van der Waals surface area contributed by atoms with Gasteiger partial charge in [-0.25, -0.2) is 0 Å². The van der Waals surface area contributed by atoms with Gasteiger partial charge in [-0.05, 0) is 80.6 Å². The number of thiocarbonyl (C=S) groups is 1. The van der Waals surface area contributed by atoms with Crippen LogP contribution in [0.4, 0.5) is 0 Å². The molecule has 22 heavy (non-hydrogen) atoms. The molecule has 1 N–H and O–H groups in total. The van der Waals surface area contributed by atoms with E-state index in [0.717, 1.165) is 35.1 Å². The minimum Gasteiger partial charge on any atom is -0.357 e. The zero-order valence-corrected chi connectivity index (χ0v) is 14.1. The van der Waals surface area contributed by atoms with E-state index >= 15 is 0 Å². The number of hydrogen-bond donors (Lipinski definition) is 1. The first-order valence-electron chi connectivity index (χ1n) is 8.55. The number of rotatable bonds is 3. The molecule has 1 heterocycles. The maximum absolute atomic E-state index is 5.70. The average molecular weight is 315 g/mol. The van der Waals surface area contributed by atoms with E-state index in [-0.39, 0.29) is 0 Å². The lowest BCUT2D eigenvalue weighted by Crippen LogP contribution is -2.61. The fourth-order valence-corrected chi connectivity index (χ4v) is 5.67. The van der Waals surface area contributed by atoms with Crippen LogP contribution in [-0.4, -0.2) is 27.6 Å². The monoisotopic (exact) mass is 315 g/mol. The highest BCUT2D eigenvalue weighted by Gasteiger charge is 2.51. The summed E-state index contributed by atoms with van der Waals surface area (Å²) in [5, 5.41) is 4.67. The Kier molecular flexibility index (Phi) is 3.60. The van der Waals surface area contributed by atoms with Crippen LogP contribution in [0.2, 0.25) is 0 Å². The van der Waals surface area contributed by atoms with Gasteiger partial charge in [0.2, 0.25) is 0 Å². The van der Waals surface area contributed by atoms with Crippen molar-refractivity contribution in [2.24, 2.45) is 17.8 Å². The number of hydrogen-bond acceptors (Lipinski definition) is 2. The first-order valence-corrected chi connectivity index (χ1v) is 8.96. The molecule has 5 rings (SSSR count). The molecule has 0 amide bonds. The molecule has 3 nitrogen and oxygen atoms in total. The second-order valence-corrected chi connectivity index (χ2v) is 8.19. The standard InChI is InChI=1S/C18H25N3S/c1-21(12-16-4-2-3-5-19-16)17(22)20-18-9-13-6-14(10-18)8-15(7-13)11-18/h2-5,13-15H,6-12H2,1H3,(H,20,22). The molecular weight excluding hydrogens is 290 g/mol. The van der Waals surface area contributed by atoms with Gasteiger partial charge in [-0.3, -0.25) is 4.98 Å². The lowest BCUT2D eigenvalue weighted by atomic mass is 9.53. The van der Waals surface area contributed by atoms with Crippen molar-refractivity contribution in [3.63, 3.8) is 0 Å². The lowest BCUT2D eigenvalue weighted by Gasteiger charge is -2.57. The van der Waals surface area contributed by atoms with Crippen LogP contribution in [0.25, 0.3) is 0 Å². The Morgan fingerprint density at radius 2 is 1.86 bits per heavy atom. The summed E-state index contributed by atoms with van der Waals surface area (Å²) in [6, 6.07) is 6.05. The van der Waals surface area contributed by atoms with Crippen LogP contribution < -0.4 is 5.32 Å². The highest BCUT2D eigenvalue weighted by molar-refractivity contribution is 7.80. The summed E-state index contributed by atoms with van der Waals surface area (Å²) in [4.78, 5) is 6.53. The topological polar surface area (TPSA) is 28.2 Å². The molecule has 0 spiro atoms. The number of aromatic nitrogens is 1. The molecule has 0 aromatic carbocycles. The Hall–Kier alpha value is -1.16. The average Bonchev–Trinajstić information content (AvgIpc) is 2.46. The quantitative estimate of drug-likeness (QED) is 0.866. The maximum Gasteiger partial charge on any atom is 0.169 e. The summed E-state index contributed by atoms with van der Waals surface area (Å²) in [7, 11) is 2.07. The smallest absolute Gasteiger partial charge is 0.169 e. The minimum absolute atomic E-state index is 0.296. The van der Waals surface area contributed by atoms with Gasteiger partial charge in [0.25, 0.3) is 0 Å². The molecule has 1 aromatic rings. The Morgan fingerprint density at radius 3 is 2.41 bits per heavy atom. The fourth-order valence-electron chi connectivity index (χ4n) is 5.39. The molecule has 0 atom stereocenters. The van der Waals surface area contributed by atoms with Gasteiger partial charge >= 0.3 is 0 Å².